The van der Waals surface area contributed by atoms with Crippen LogP contribution in [-0.2, 0) is 0 Å². The molecule has 0 radical (unpaired) electrons. The maximum absolute atomic E-state index is 6.10. The van der Waals surface area contributed by atoms with Crippen LogP contribution in [0.25, 0.3) is 89.4 Å². The zero-order chi connectivity index (χ0) is 63.0. The average molecular weight is 1310 g/mol. The molecule has 0 atom stereocenters. The number of hydrogen-bond acceptors (Lipinski definition) is 14. The Morgan fingerprint density at radius 2 is 0.318 bits per heavy atom. The Morgan fingerprint density at radius 1 is 0.170 bits per heavy atom. The summed E-state index contributed by atoms with van der Waals surface area (Å²) >= 11 is 14.7. The van der Waals surface area contributed by atoms with Gasteiger partial charge in [-0.3, -0.25) is 0 Å². The van der Waals surface area contributed by atoms with Crippen molar-refractivity contribution in [1.82, 2.24) is 39.9 Å². The Kier molecular flexibility index (Phi) is 15.1. The Hall–Kier alpha value is -6.08. The molecule has 0 spiro atoms. The number of aromatic amines is 2. The van der Waals surface area contributed by atoms with Crippen molar-refractivity contribution < 1.29 is 0 Å². The van der Waals surface area contributed by atoms with Gasteiger partial charge in [-0.1, -0.05) is 0 Å². The summed E-state index contributed by atoms with van der Waals surface area (Å²) in [6.07, 6.45) is 0. The summed E-state index contributed by atoms with van der Waals surface area (Å²) in [5.41, 5.74) is 29.9. The molecule has 11 aromatic heterocycles. The molecule has 0 aromatic carbocycles. The highest BCUT2D eigenvalue weighted by Gasteiger charge is 2.37. The lowest BCUT2D eigenvalue weighted by Gasteiger charge is -2.12. The van der Waals surface area contributed by atoms with E-state index in [0.29, 0.717) is 45.9 Å². The van der Waals surface area contributed by atoms with Crippen molar-refractivity contribution in [3.05, 3.63) is 168 Å². The Balaban J connectivity index is 1.38. The smallest absolute Gasteiger partial charge is 0.165 e. The van der Waals surface area contributed by atoms with Gasteiger partial charge in [0, 0.05) is 167 Å². The standard InChI is InChI=1S/C72H74N8S8/c1-25-33(9)81-41(17)49(25)57-58(50-26(2)34(10)82-42(50)18)66-73-65(57)77-67-59(51-27(3)35(11)83-43(51)19)60(52-28(4)36(12)84-44(52)20)69(74-67)79-71-63(55-31(7)39(15)87-47(55)23)64(56-32(8)40(16)88-48(56)24)72(76-71)80-70-62(54-30(6)38(14)86-46(54)22)61(68(75-70)78-66)53-29(5)37(13)85-45(53)21/h1-24H3,(H2,73,74,75,76,77,78,79,80). The molecule has 2 N–H and O–H groups in total. The van der Waals surface area contributed by atoms with Gasteiger partial charge in [0.2, 0.25) is 0 Å². The minimum atomic E-state index is 0.609. The van der Waals surface area contributed by atoms with Crippen LogP contribution in [0, 0.1) is 166 Å². The van der Waals surface area contributed by atoms with E-state index < -0.39 is 0 Å². The molecule has 11 aromatic rings. The Bertz CT molecular complexity index is 4510. The number of aryl methyl sites for hydroxylation is 16. The van der Waals surface area contributed by atoms with Crippen LogP contribution < -0.4 is 0 Å². The van der Waals surface area contributed by atoms with Gasteiger partial charge >= 0.3 is 0 Å². The maximum atomic E-state index is 6.10. The van der Waals surface area contributed by atoms with Gasteiger partial charge in [-0.15, -0.1) is 90.7 Å². The normalized spacial score (nSPS) is 12.9. The molecule has 0 amide bonds. The first-order valence-corrected chi connectivity index (χ1v) is 36.5. The van der Waals surface area contributed by atoms with Gasteiger partial charge in [-0.2, -0.15) is 0 Å². The molecular weight excluding hydrogens is 1230 g/mol. The second kappa shape index (κ2) is 21.8. The van der Waals surface area contributed by atoms with Crippen LogP contribution in [0.4, 0.5) is 0 Å². The molecule has 0 fully saturated rings. The molecule has 88 heavy (non-hydrogen) atoms. The molecule has 2 aliphatic rings. The molecule has 0 unspecified atom stereocenters. The fourth-order valence-electron chi connectivity index (χ4n) is 14.1. The van der Waals surface area contributed by atoms with Gasteiger partial charge in [-0.25, -0.2) is 29.9 Å². The third kappa shape index (κ3) is 9.10. The van der Waals surface area contributed by atoms with E-state index in [1.54, 1.807) is 0 Å². The highest BCUT2D eigenvalue weighted by Crippen LogP contribution is 2.54. The van der Waals surface area contributed by atoms with Crippen LogP contribution >= 0.6 is 90.7 Å². The molecule has 13 heterocycles. The summed E-state index contributed by atoms with van der Waals surface area (Å²) in [7, 11) is 0. The van der Waals surface area contributed by atoms with E-state index in [4.69, 9.17) is 29.9 Å². The van der Waals surface area contributed by atoms with Crippen molar-refractivity contribution in [3.63, 3.8) is 0 Å². The minimum Gasteiger partial charge on any atom is -0.324 e. The third-order valence-corrected chi connectivity index (χ3v) is 28.1. The zero-order valence-corrected chi connectivity index (χ0v) is 61.5. The average Bonchev–Trinajstić information content (AvgIpc) is 1.64. The monoisotopic (exact) mass is 1310 g/mol. The van der Waals surface area contributed by atoms with Crippen LogP contribution in [0.15, 0.2) is 0 Å². The van der Waals surface area contributed by atoms with E-state index in [1.165, 1.54) is 145 Å². The number of nitrogens with zero attached hydrogens (tertiary/aromatic N) is 6. The second-order valence-corrected chi connectivity index (χ2v) is 35.8. The zero-order valence-electron chi connectivity index (χ0n) is 54.9. The summed E-state index contributed by atoms with van der Waals surface area (Å²) in [4.78, 5) is 64.3. The maximum Gasteiger partial charge on any atom is 0.165 e. The highest BCUT2D eigenvalue weighted by molar-refractivity contribution is 7.14. The van der Waals surface area contributed by atoms with Crippen molar-refractivity contribution in [3.8, 4) is 44.5 Å². The molecule has 0 saturated heterocycles. The molecule has 2 aliphatic heterocycles. The van der Waals surface area contributed by atoms with Crippen LogP contribution in [-0.4, -0.2) is 39.9 Å². The summed E-state index contributed by atoms with van der Waals surface area (Å²) in [6, 6.07) is 0. The highest BCUT2D eigenvalue weighted by atomic mass is 32.1. The van der Waals surface area contributed by atoms with Crippen molar-refractivity contribution in [2.24, 2.45) is 0 Å². The fourth-order valence-corrected chi connectivity index (χ4v) is 22.7. The van der Waals surface area contributed by atoms with E-state index in [0.717, 1.165) is 66.8 Å². The number of hydrogen-bond donors (Lipinski definition) is 2. The molecule has 13 rings (SSSR count). The van der Waals surface area contributed by atoms with Crippen molar-refractivity contribution in [1.29, 1.82) is 0 Å². The van der Waals surface area contributed by atoms with Gasteiger partial charge in [-0.05, 0) is 211 Å². The molecule has 0 saturated carbocycles. The van der Waals surface area contributed by atoms with Gasteiger partial charge in [0.15, 0.2) is 23.3 Å². The SMILES string of the molecule is Cc1sc(C)c(C2=C(c3c(C)sc(C)c3C)c3nc2nc2[nH]c(nc4nc(nc5[nH]c(n3)c(-c3c(C)sc(C)c3C)c5-c3c(C)sc(C)c3C)C(c3c(C)sc(C)c3C)=C4c3c(C)sc(C)c3C)c(-c3c(C)sc(C)c3C)c2-c2c(C)sc(C)c2C)c1C. The molecular formula is C72H74N8S8. The van der Waals surface area contributed by atoms with E-state index in [1.807, 2.05) is 90.7 Å². The van der Waals surface area contributed by atoms with E-state index in [-0.39, 0.29) is 0 Å². The van der Waals surface area contributed by atoms with Crippen LogP contribution in [0.2, 0.25) is 0 Å². The fraction of sp³-hybridized carbons (Fsp3) is 0.333. The predicted molar refractivity (Wildman–Crippen MR) is 386 cm³/mol. The number of nitrogens with one attached hydrogen (secondary N) is 2. The van der Waals surface area contributed by atoms with Crippen molar-refractivity contribution >= 4 is 136 Å². The first-order chi connectivity index (χ1) is 41.6. The van der Waals surface area contributed by atoms with Gasteiger partial charge < -0.3 is 9.97 Å². The molecule has 8 bridgehead atoms. The van der Waals surface area contributed by atoms with Gasteiger partial charge in [0.05, 0.1) is 0 Å². The lowest BCUT2D eigenvalue weighted by atomic mass is 9.91. The van der Waals surface area contributed by atoms with E-state index in [9.17, 15) is 0 Å². The quantitative estimate of drug-likeness (QED) is 0.157. The summed E-state index contributed by atoms with van der Waals surface area (Å²) in [5.74, 6) is 2.44. The summed E-state index contributed by atoms with van der Waals surface area (Å²) in [5, 5.41) is 0. The number of aromatic nitrogens is 8. The van der Waals surface area contributed by atoms with Crippen molar-refractivity contribution in [2.75, 3.05) is 0 Å². The largest absolute Gasteiger partial charge is 0.324 e. The van der Waals surface area contributed by atoms with Crippen LogP contribution in [0.5, 0.6) is 0 Å². The van der Waals surface area contributed by atoms with E-state index >= 15 is 0 Å². The Labute approximate surface area is 549 Å². The molecule has 0 aliphatic carbocycles. The molecule has 16 heteroatoms. The first kappa shape index (κ1) is 60.8. The lowest BCUT2D eigenvalue weighted by Crippen LogP contribution is -1.98. The van der Waals surface area contributed by atoms with Gasteiger partial charge in [0.1, 0.15) is 22.6 Å². The molecule has 450 valence electrons. The number of rotatable bonds is 8. The number of H-pyrrole nitrogens is 2. The number of fused-ring (bicyclic) bond motifs is 8. The summed E-state index contributed by atoms with van der Waals surface area (Å²) < 4.78 is 0. The Morgan fingerprint density at radius 3 is 0.455 bits per heavy atom. The predicted octanol–water partition coefficient (Wildman–Crippen LogP) is 22.5. The topological polar surface area (TPSA) is 109 Å². The third-order valence-electron chi connectivity index (χ3n) is 19.1. The minimum absolute atomic E-state index is 0.609. The van der Waals surface area contributed by atoms with Crippen LogP contribution in [0.3, 0.4) is 0 Å². The van der Waals surface area contributed by atoms with Crippen molar-refractivity contribution in [2.45, 2.75) is 166 Å². The molecule has 8 nitrogen and oxygen atoms in total. The number of thiophene rings is 8. The van der Waals surface area contributed by atoms with Gasteiger partial charge in [0.25, 0.3) is 0 Å². The second-order valence-electron chi connectivity index (χ2n) is 24.3. The van der Waals surface area contributed by atoms with E-state index in [2.05, 4.69) is 176 Å². The first-order valence-electron chi connectivity index (χ1n) is 29.9. The van der Waals surface area contributed by atoms with Crippen LogP contribution in [0.1, 0.15) is 168 Å². The lowest BCUT2D eigenvalue weighted by molar-refractivity contribution is 1.10. The summed E-state index contributed by atoms with van der Waals surface area (Å²) in [6.45, 7) is 54.3.